The highest BCUT2D eigenvalue weighted by Crippen LogP contribution is 2.14. The fourth-order valence-corrected chi connectivity index (χ4v) is 3.38. The van der Waals surface area contributed by atoms with Crippen molar-refractivity contribution >= 4 is 23.6 Å². The zero-order valence-corrected chi connectivity index (χ0v) is 17.6. The van der Waals surface area contributed by atoms with Crippen LogP contribution in [0.15, 0.2) is 24.4 Å². The van der Waals surface area contributed by atoms with E-state index in [9.17, 15) is 14.4 Å². The molecule has 2 rings (SSSR count). The fourth-order valence-electron chi connectivity index (χ4n) is 3.38. The van der Waals surface area contributed by atoms with Gasteiger partial charge in [-0.3, -0.25) is 9.59 Å². The molecule has 0 saturated carbocycles. The number of rotatable bonds is 9. The molecule has 1 fully saturated rings. The molecule has 1 atom stereocenters. The molecule has 0 aromatic carbocycles. The minimum atomic E-state index is -0.636. The third kappa shape index (κ3) is 7.36. The predicted octanol–water partition coefficient (Wildman–Crippen LogP) is 1.60. The van der Waals surface area contributed by atoms with Gasteiger partial charge in [0.15, 0.2) is 0 Å². The van der Waals surface area contributed by atoms with Crippen LogP contribution in [0.3, 0.4) is 0 Å². The number of pyridine rings is 1. The number of amides is 2. The van der Waals surface area contributed by atoms with Gasteiger partial charge in [0.25, 0.3) is 0 Å². The Balaban J connectivity index is 1.70. The molecule has 1 aromatic heterocycles. The Kier molecular flexibility index (Phi) is 8.89. The van der Waals surface area contributed by atoms with Crippen molar-refractivity contribution in [1.29, 1.82) is 0 Å². The highest BCUT2D eigenvalue weighted by Gasteiger charge is 2.24. The zero-order valence-electron chi connectivity index (χ0n) is 17.6. The summed E-state index contributed by atoms with van der Waals surface area (Å²) in [5.74, 6) is 0.580. The number of hydrogen-bond donors (Lipinski definition) is 1. The van der Waals surface area contributed by atoms with Crippen LogP contribution in [-0.2, 0) is 19.1 Å². The van der Waals surface area contributed by atoms with Crippen LogP contribution in [0.25, 0.3) is 0 Å². The van der Waals surface area contributed by atoms with Crippen LogP contribution in [0.5, 0.6) is 0 Å². The van der Waals surface area contributed by atoms with Crippen molar-refractivity contribution in [2.45, 2.75) is 45.6 Å². The fraction of sp³-hybridized carbons (Fsp3) is 0.619. The lowest BCUT2D eigenvalue weighted by molar-refractivity contribution is -0.145. The number of anilines is 1. The summed E-state index contributed by atoms with van der Waals surface area (Å²) in [4.78, 5) is 44.7. The molecule has 8 heteroatoms. The van der Waals surface area contributed by atoms with Crippen LogP contribution in [-0.4, -0.2) is 67.0 Å². The number of methoxy groups -OCH3 is 1. The molecule has 0 radical (unpaired) electrons. The van der Waals surface area contributed by atoms with E-state index in [0.29, 0.717) is 32.4 Å². The van der Waals surface area contributed by atoms with E-state index >= 15 is 0 Å². The van der Waals surface area contributed by atoms with Crippen molar-refractivity contribution < 1.29 is 19.1 Å². The number of hydrogen-bond acceptors (Lipinski definition) is 6. The maximum absolute atomic E-state index is 12.4. The maximum Gasteiger partial charge on any atom is 0.328 e. The molecule has 2 amide bonds. The van der Waals surface area contributed by atoms with Gasteiger partial charge in [-0.05, 0) is 30.9 Å². The van der Waals surface area contributed by atoms with Gasteiger partial charge in [-0.1, -0.05) is 19.9 Å². The van der Waals surface area contributed by atoms with Gasteiger partial charge >= 0.3 is 5.97 Å². The summed E-state index contributed by atoms with van der Waals surface area (Å²) in [5.41, 5.74) is 0. The predicted molar refractivity (Wildman–Crippen MR) is 110 cm³/mol. The largest absolute Gasteiger partial charge is 0.467 e. The Labute approximate surface area is 172 Å². The van der Waals surface area contributed by atoms with Crippen molar-refractivity contribution in [3.8, 4) is 0 Å². The van der Waals surface area contributed by atoms with Gasteiger partial charge in [0.1, 0.15) is 11.9 Å². The first-order valence-corrected chi connectivity index (χ1v) is 10.2. The molecule has 1 aliphatic rings. The molecular formula is C21H32N4O4. The molecule has 1 N–H and O–H groups in total. The van der Waals surface area contributed by atoms with Gasteiger partial charge in [-0.2, -0.15) is 0 Å². The Morgan fingerprint density at radius 1 is 1.14 bits per heavy atom. The Morgan fingerprint density at radius 3 is 2.45 bits per heavy atom. The molecule has 0 bridgehead atoms. The second-order valence-corrected chi connectivity index (χ2v) is 7.68. The summed E-state index contributed by atoms with van der Waals surface area (Å²) in [6.07, 6.45) is 3.29. The van der Waals surface area contributed by atoms with Gasteiger partial charge in [-0.25, -0.2) is 9.78 Å². The van der Waals surface area contributed by atoms with Crippen LogP contribution < -0.4 is 10.2 Å². The number of carbonyl (C=O) groups is 3. The quantitative estimate of drug-likeness (QED) is 0.629. The van der Waals surface area contributed by atoms with E-state index in [4.69, 9.17) is 4.74 Å². The molecule has 1 unspecified atom stereocenters. The summed E-state index contributed by atoms with van der Waals surface area (Å²) < 4.78 is 4.75. The van der Waals surface area contributed by atoms with Gasteiger partial charge in [0, 0.05) is 45.2 Å². The summed E-state index contributed by atoms with van der Waals surface area (Å²) >= 11 is 0. The van der Waals surface area contributed by atoms with Crippen molar-refractivity contribution in [2.24, 2.45) is 5.92 Å². The van der Waals surface area contributed by atoms with Crippen LogP contribution in [0, 0.1) is 5.92 Å². The first-order chi connectivity index (χ1) is 13.9. The summed E-state index contributed by atoms with van der Waals surface area (Å²) in [5, 5.41) is 2.72. The van der Waals surface area contributed by atoms with E-state index in [2.05, 4.69) is 15.2 Å². The highest BCUT2D eigenvalue weighted by molar-refractivity contribution is 5.84. The number of aromatic nitrogens is 1. The molecule has 1 aromatic rings. The molecule has 1 saturated heterocycles. The minimum Gasteiger partial charge on any atom is -0.467 e. The monoisotopic (exact) mass is 404 g/mol. The molecule has 2 heterocycles. The average molecular weight is 405 g/mol. The third-order valence-electron chi connectivity index (χ3n) is 4.93. The van der Waals surface area contributed by atoms with E-state index in [1.165, 1.54) is 7.11 Å². The number of nitrogens with zero attached hydrogens (tertiary/aromatic N) is 3. The second kappa shape index (κ2) is 11.4. The van der Waals surface area contributed by atoms with Crippen LogP contribution >= 0.6 is 0 Å². The van der Waals surface area contributed by atoms with Crippen molar-refractivity contribution in [3.05, 3.63) is 24.4 Å². The molecule has 8 nitrogen and oxygen atoms in total. The van der Waals surface area contributed by atoms with Crippen molar-refractivity contribution in [2.75, 3.05) is 38.2 Å². The zero-order chi connectivity index (χ0) is 21.2. The summed E-state index contributed by atoms with van der Waals surface area (Å²) in [6, 6.07) is 5.17. The highest BCUT2D eigenvalue weighted by atomic mass is 16.5. The first kappa shape index (κ1) is 22.6. The standard InChI is InChI=1S/C21H32N4O4/c1-16(2)15-17(21(28)29-3)23-19(26)8-6-9-20(27)25-13-11-24(12-14-25)18-7-4-5-10-22-18/h4-5,7,10,16-17H,6,8-9,11-15H2,1-3H3,(H,23,26). The Hall–Kier alpha value is -2.64. The lowest BCUT2D eigenvalue weighted by Gasteiger charge is -2.35. The van der Waals surface area contributed by atoms with Crippen molar-refractivity contribution in [1.82, 2.24) is 15.2 Å². The lowest BCUT2D eigenvalue weighted by atomic mass is 10.0. The van der Waals surface area contributed by atoms with Gasteiger partial charge in [0.05, 0.1) is 7.11 Å². The van der Waals surface area contributed by atoms with Gasteiger partial charge in [0.2, 0.25) is 11.8 Å². The SMILES string of the molecule is COC(=O)C(CC(C)C)NC(=O)CCCC(=O)N1CCN(c2ccccn2)CC1. The maximum atomic E-state index is 12.4. The number of ether oxygens (including phenoxy) is 1. The first-order valence-electron chi connectivity index (χ1n) is 10.2. The molecule has 160 valence electrons. The molecule has 0 spiro atoms. The van der Waals surface area contributed by atoms with E-state index in [-0.39, 0.29) is 24.2 Å². The molecular weight excluding hydrogens is 372 g/mol. The third-order valence-corrected chi connectivity index (χ3v) is 4.93. The molecule has 29 heavy (non-hydrogen) atoms. The molecule has 1 aliphatic heterocycles. The Morgan fingerprint density at radius 2 is 1.86 bits per heavy atom. The van der Waals surface area contributed by atoms with Crippen molar-refractivity contribution in [3.63, 3.8) is 0 Å². The number of piperazine rings is 1. The minimum absolute atomic E-state index is 0.0603. The van der Waals surface area contributed by atoms with E-state index in [1.54, 1.807) is 6.20 Å². The normalized spacial score (nSPS) is 15.2. The van der Waals surface area contributed by atoms with Crippen LogP contribution in [0.2, 0.25) is 0 Å². The average Bonchev–Trinajstić information content (AvgIpc) is 2.73. The number of nitrogens with one attached hydrogen (secondary N) is 1. The summed E-state index contributed by atoms with van der Waals surface area (Å²) in [7, 11) is 1.31. The Bertz CT molecular complexity index is 673. The number of carbonyl (C=O) groups excluding carboxylic acids is 3. The van der Waals surface area contributed by atoms with Gasteiger partial charge in [-0.15, -0.1) is 0 Å². The smallest absolute Gasteiger partial charge is 0.328 e. The second-order valence-electron chi connectivity index (χ2n) is 7.68. The lowest BCUT2D eigenvalue weighted by Crippen LogP contribution is -2.49. The van der Waals surface area contributed by atoms with Gasteiger partial charge < -0.3 is 19.9 Å². The van der Waals surface area contributed by atoms with E-state index in [0.717, 1.165) is 18.9 Å². The van der Waals surface area contributed by atoms with E-state index in [1.807, 2.05) is 36.9 Å². The number of esters is 1. The van der Waals surface area contributed by atoms with Crippen LogP contribution in [0.1, 0.15) is 39.5 Å². The summed E-state index contributed by atoms with van der Waals surface area (Å²) in [6.45, 7) is 6.77. The topological polar surface area (TPSA) is 91.8 Å². The molecule has 0 aliphatic carbocycles. The van der Waals surface area contributed by atoms with Crippen LogP contribution in [0.4, 0.5) is 5.82 Å². The van der Waals surface area contributed by atoms with E-state index < -0.39 is 12.0 Å².